The lowest BCUT2D eigenvalue weighted by atomic mass is 10.2. The highest BCUT2D eigenvalue weighted by Crippen LogP contribution is 2.31. The predicted molar refractivity (Wildman–Crippen MR) is 120 cm³/mol. The van der Waals surface area contributed by atoms with Crippen molar-refractivity contribution >= 4 is 19.9 Å². The number of benzene rings is 2. The van der Waals surface area contributed by atoms with Gasteiger partial charge in [-0.3, -0.25) is 4.98 Å². The lowest BCUT2D eigenvalue weighted by Gasteiger charge is -2.19. The summed E-state index contributed by atoms with van der Waals surface area (Å²) in [5.41, 5.74) is 1.28. The van der Waals surface area contributed by atoms with Gasteiger partial charge in [-0.1, -0.05) is 23.8 Å². The van der Waals surface area contributed by atoms with Crippen LogP contribution in [0, 0.1) is 6.92 Å². The van der Waals surface area contributed by atoms with Crippen LogP contribution in [0.15, 0.2) is 76.8 Å². The van der Waals surface area contributed by atoms with Gasteiger partial charge in [0, 0.05) is 25.0 Å². The maximum Gasteiger partial charge on any atom is 0.244 e. The SMILES string of the molecule is COc1ccc(OC)c(S(=O)(=O)NCC(c2cccnc2)S(=O)(=O)c2ccc(C)cc2)c1. The Kier molecular flexibility index (Phi) is 7.17. The molecule has 1 N–H and O–H groups in total. The molecule has 0 saturated carbocycles. The van der Waals surface area contributed by atoms with E-state index in [0.29, 0.717) is 11.3 Å². The third kappa shape index (κ3) is 5.09. The minimum atomic E-state index is -4.13. The molecule has 0 saturated heterocycles. The van der Waals surface area contributed by atoms with Crippen LogP contribution >= 0.6 is 0 Å². The van der Waals surface area contributed by atoms with Crippen molar-refractivity contribution in [3.63, 3.8) is 0 Å². The number of methoxy groups -OCH3 is 2. The van der Waals surface area contributed by atoms with Crippen LogP contribution < -0.4 is 14.2 Å². The van der Waals surface area contributed by atoms with E-state index in [1.54, 1.807) is 30.3 Å². The molecular formula is C22H24N2O6S2. The number of aryl methyl sites for hydroxylation is 1. The fourth-order valence-electron chi connectivity index (χ4n) is 3.12. The molecular weight excluding hydrogens is 452 g/mol. The predicted octanol–water partition coefficient (Wildman–Crippen LogP) is 2.90. The Morgan fingerprint density at radius 2 is 1.69 bits per heavy atom. The Morgan fingerprint density at radius 1 is 0.969 bits per heavy atom. The summed E-state index contributed by atoms with van der Waals surface area (Å²) < 4.78 is 65.7. The Hall–Kier alpha value is -2.95. The number of pyridine rings is 1. The second-order valence-corrected chi connectivity index (χ2v) is 10.9. The van der Waals surface area contributed by atoms with Gasteiger partial charge in [-0.25, -0.2) is 21.6 Å². The molecule has 1 heterocycles. The summed E-state index contributed by atoms with van der Waals surface area (Å²) in [6.45, 7) is 1.45. The van der Waals surface area contributed by atoms with Crippen molar-refractivity contribution in [3.05, 3.63) is 78.1 Å². The van der Waals surface area contributed by atoms with Crippen molar-refractivity contribution in [1.82, 2.24) is 9.71 Å². The summed E-state index contributed by atoms with van der Waals surface area (Å²) in [7, 11) is -5.29. The number of ether oxygens (including phenoxy) is 2. The highest BCUT2D eigenvalue weighted by molar-refractivity contribution is 7.92. The summed E-state index contributed by atoms with van der Waals surface area (Å²) in [5.74, 6) is 0.430. The number of rotatable bonds is 9. The molecule has 3 aromatic rings. The van der Waals surface area contributed by atoms with E-state index in [1.165, 1.54) is 50.9 Å². The molecule has 0 amide bonds. The number of nitrogens with one attached hydrogen (secondary N) is 1. The number of sulfonamides is 1. The lowest BCUT2D eigenvalue weighted by Crippen LogP contribution is -2.32. The molecule has 0 bridgehead atoms. The number of aromatic nitrogens is 1. The van der Waals surface area contributed by atoms with Crippen LogP contribution in [0.2, 0.25) is 0 Å². The van der Waals surface area contributed by atoms with Gasteiger partial charge >= 0.3 is 0 Å². The molecule has 0 aliphatic carbocycles. The summed E-state index contributed by atoms with van der Waals surface area (Å²) in [6.07, 6.45) is 2.93. The van der Waals surface area contributed by atoms with E-state index < -0.39 is 31.7 Å². The van der Waals surface area contributed by atoms with Gasteiger partial charge in [0.2, 0.25) is 10.0 Å². The molecule has 2 aromatic carbocycles. The average Bonchev–Trinajstić information content (AvgIpc) is 2.79. The number of sulfone groups is 1. The first kappa shape index (κ1) is 23.7. The second kappa shape index (κ2) is 9.68. The molecule has 0 fully saturated rings. The first-order valence-electron chi connectivity index (χ1n) is 9.61. The summed E-state index contributed by atoms with van der Waals surface area (Å²) >= 11 is 0. The number of hydrogen-bond acceptors (Lipinski definition) is 7. The van der Waals surface area contributed by atoms with Crippen molar-refractivity contribution in [2.75, 3.05) is 20.8 Å². The van der Waals surface area contributed by atoms with Crippen molar-refractivity contribution in [3.8, 4) is 11.5 Å². The molecule has 10 heteroatoms. The van der Waals surface area contributed by atoms with Crippen LogP contribution in [0.25, 0.3) is 0 Å². The molecule has 0 aliphatic heterocycles. The van der Waals surface area contributed by atoms with Crippen molar-refractivity contribution in [1.29, 1.82) is 0 Å². The number of nitrogens with zero attached hydrogens (tertiary/aromatic N) is 1. The van der Waals surface area contributed by atoms with Crippen LogP contribution in [-0.4, -0.2) is 42.6 Å². The molecule has 1 aromatic heterocycles. The van der Waals surface area contributed by atoms with E-state index in [2.05, 4.69) is 9.71 Å². The Labute approximate surface area is 188 Å². The maximum atomic E-state index is 13.4. The van der Waals surface area contributed by atoms with Gasteiger partial charge in [0.25, 0.3) is 0 Å². The average molecular weight is 477 g/mol. The quantitative estimate of drug-likeness (QED) is 0.505. The first-order chi connectivity index (χ1) is 15.2. The topological polar surface area (TPSA) is 112 Å². The van der Waals surface area contributed by atoms with Gasteiger partial charge in [0.1, 0.15) is 21.6 Å². The van der Waals surface area contributed by atoms with Crippen molar-refractivity contribution in [2.45, 2.75) is 22.0 Å². The molecule has 8 nitrogen and oxygen atoms in total. The molecule has 170 valence electrons. The Balaban J connectivity index is 1.99. The van der Waals surface area contributed by atoms with Crippen molar-refractivity contribution in [2.24, 2.45) is 0 Å². The Bertz CT molecular complexity index is 1280. The zero-order valence-corrected chi connectivity index (χ0v) is 19.5. The van der Waals surface area contributed by atoms with E-state index in [1.807, 2.05) is 6.92 Å². The van der Waals surface area contributed by atoms with Gasteiger partial charge in [0.15, 0.2) is 9.84 Å². The van der Waals surface area contributed by atoms with Crippen LogP contribution in [-0.2, 0) is 19.9 Å². The first-order valence-corrected chi connectivity index (χ1v) is 12.6. The fraction of sp³-hybridized carbons (Fsp3) is 0.227. The largest absolute Gasteiger partial charge is 0.497 e. The molecule has 0 radical (unpaired) electrons. The second-order valence-electron chi connectivity index (χ2n) is 7.00. The molecule has 0 spiro atoms. The monoisotopic (exact) mass is 476 g/mol. The van der Waals surface area contributed by atoms with E-state index in [9.17, 15) is 16.8 Å². The zero-order valence-electron chi connectivity index (χ0n) is 17.8. The smallest absolute Gasteiger partial charge is 0.244 e. The molecule has 3 rings (SSSR count). The maximum absolute atomic E-state index is 13.4. The van der Waals surface area contributed by atoms with Crippen LogP contribution in [0.4, 0.5) is 0 Å². The normalized spacial score (nSPS) is 12.8. The van der Waals surface area contributed by atoms with Gasteiger partial charge in [-0.15, -0.1) is 0 Å². The molecule has 32 heavy (non-hydrogen) atoms. The molecule has 1 unspecified atom stereocenters. The minimum Gasteiger partial charge on any atom is -0.497 e. The van der Waals surface area contributed by atoms with E-state index in [4.69, 9.17) is 9.47 Å². The van der Waals surface area contributed by atoms with E-state index in [-0.39, 0.29) is 15.5 Å². The van der Waals surface area contributed by atoms with E-state index in [0.717, 1.165) is 5.56 Å². The Morgan fingerprint density at radius 3 is 2.28 bits per heavy atom. The molecule has 0 aliphatic rings. The van der Waals surface area contributed by atoms with Crippen molar-refractivity contribution < 1.29 is 26.3 Å². The summed E-state index contributed by atoms with van der Waals surface area (Å²) in [4.78, 5) is 3.94. The fourth-order valence-corrected chi connectivity index (χ4v) is 6.10. The zero-order chi connectivity index (χ0) is 23.4. The van der Waals surface area contributed by atoms with E-state index >= 15 is 0 Å². The summed E-state index contributed by atoms with van der Waals surface area (Å²) in [6, 6.07) is 14.0. The highest BCUT2D eigenvalue weighted by Gasteiger charge is 2.32. The van der Waals surface area contributed by atoms with Crippen LogP contribution in [0.3, 0.4) is 0 Å². The summed E-state index contributed by atoms with van der Waals surface area (Å²) in [5, 5.41) is -1.19. The standard InChI is InChI=1S/C22H24N2O6S2/c1-16-6-9-19(10-7-16)31(25,26)22(17-5-4-12-23-14-17)15-24-32(27,28)21-13-18(29-2)8-11-20(21)30-3/h4-14,22,24H,15H2,1-3H3. The highest BCUT2D eigenvalue weighted by atomic mass is 32.2. The minimum absolute atomic E-state index is 0.0927. The van der Waals surface area contributed by atoms with Gasteiger partial charge in [0.05, 0.1) is 19.1 Å². The third-order valence-electron chi connectivity index (χ3n) is 4.90. The molecule has 1 atom stereocenters. The van der Waals surface area contributed by atoms with Gasteiger partial charge < -0.3 is 9.47 Å². The third-order valence-corrected chi connectivity index (χ3v) is 8.46. The number of hydrogen-bond donors (Lipinski definition) is 1. The lowest BCUT2D eigenvalue weighted by molar-refractivity contribution is 0.392. The van der Waals surface area contributed by atoms with Crippen LogP contribution in [0.5, 0.6) is 11.5 Å². The van der Waals surface area contributed by atoms with Gasteiger partial charge in [-0.05, 0) is 42.8 Å². The van der Waals surface area contributed by atoms with Gasteiger partial charge in [-0.2, -0.15) is 0 Å². The van der Waals surface area contributed by atoms with Crippen LogP contribution in [0.1, 0.15) is 16.4 Å².